The summed E-state index contributed by atoms with van der Waals surface area (Å²) < 4.78 is 7.66. The number of aryl methyl sites for hydroxylation is 2. The van der Waals surface area contributed by atoms with Crippen molar-refractivity contribution in [2.75, 3.05) is 5.32 Å². The molecule has 0 radical (unpaired) electrons. The van der Waals surface area contributed by atoms with Crippen molar-refractivity contribution in [1.29, 1.82) is 0 Å². The van der Waals surface area contributed by atoms with E-state index in [1.54, 1.807) is 42.7 Å². The molecule has 0 aliphatic carbocycles. The maximum absolute atomic E-state index is 13.3. The van der Waals surface area contributed by atoms with Gasteiger partial charge in [0.2, 0.25) is 11.8 Å². The molecule has 0 bridgehead atoms. The van der Waals surface area contributed by atoms with Gasteiger partial charge in [-0.05, 0) is 62.6 Å². The molecule has 0 unspecified atom stereocenters. The summed E-state index contributed by atoms with van der Waals surface area (Å²) in [6, 6.07) is 16.0. The third-order valence-electron chi connectivity index (χ3n) is 6.17. The zero-order valence-corrected chi connectivity index (χ0v) is 21.0. The Hall–Kier alpha value is -4.40. The van der Waals surface area contributed by atoms with Crippen LogP contribution < -0.4 is 21.9 Å². The molecule has 0 saturated heterocycles. The summed E-state index contributed by atoms with van der Waals surface area (Å²) in [7, 11) is 0. The lowest BCUT2D eigenvalue weighted by atomic mass is 10.1. The fourth-order valence-electron chi connectivity index (χ4n) is 4.25. The average molecular weight is 503 g/mol. The number of hydrogen-bond donors (Lipinski definition) is 2. The van der Waals surface area contributed by atoms with Crippen LogP contribution in [0.1, 0.15) is 36.1 Å². The Balaban J connectivity index is 1.46. The number of carbonyl (C=O) groups excluding carboxylic acids is 2. The fraction of sp³-hybridized carbons (Fsp3) is 0.286. The predicted molar refractivity (Wildman–Crippen MR) is 141 cm³/mol. The number of hydrogen-bond acceptors (Lipinski definition) is 5. The van der Waals surface area contributed by atoms with E-state index in [-0.39, 0.29) is 31.3 Å². The smallest absolute Gasteiger partial charge is 0.331 e. The van der Waals surface area contributed by atoms with Gasteiger partial charge in [0.05, 0.1) is 23.7 Å². The molecule has 0 aliphatic rings. The van der Waals surface area contributed by atoms with E-state index in [0.29, 0.717) is 41.7 Å². The number of rotatable bonds is 10. The van der Waals surface area contributed by atoms with Crippen LogP contribution in [0.15, 0.2) is 74.9 Å². The van der Waals surface area contributed by atoms with Crippen LogP contribution in [-0.4, -0.2) is 20.9 Å². The quantitative estimate of drug-likeness (QED) is 0.322. The normalized spacial score (nSPS) is 11.0. The van der Waals surface area contributed by atoms with Crippen molar-refractivity contribution in [3.63, 3.8) is 0 Å². The lowest BCUT2D eigenvalue weighted by molar-refractivity contribution is -0.121. The first-order chi connectivity index (χ1) is 17.8. The first-order valence-corrected chi connectivity index (χ1v) is 12.2. The van der Waals surface area contributed by atoms with Crippen molar-refractivity contribution in [2.45, 2.75) is 52.7 Å². The summed E-state index contributed by atoms with van der Waals surface area (Å²) in [6.45, 7) is 4.10. The second-order valence-electron chi connectivity index (χ2n) is 9.02. The number of anilines is 1. The summed E-state index contributed by atoms with van der Waals surface area (Å²) >= 11 is 0. The first kappa shape index (κ1) is 25.7. The maximum atomic E-state index is 13.3. The van der Waals surface area contributed by atoms with Crippen molar-refractivity contribution in [3.8, 4) is 0 Å². The Labute approximate surface area is 213 Å². The van der Waals surface area contributed by atoms with Crippen molar-refractivity contribution in [3.05, 3.63) is 98.6 Å². The van der Waals surface area contributed by atoms with E-state index < -0.39 is 11.2 Å². The van der Waals surface area contributed by atoms with Crippen LogP contribution in [-0.2, 0) is 29.2 Å². The zero-order valence-electron chi connectivity index (χ0n) is 21.0. The molecule has 0 spiro atoms. The molecule has 2 N–H and O–H groups in total. The van der Waals surface area contributed by atoms with Crippen LogP contribution in [0.5, 0.6) is 0 Å². The highest BCUT2D eigenvalue weighted by molar-refractivity contribution is 5.92. The van der Waals surface area contributed by atoms with Gasteiger partial charge in [0.15, 0.2) is 0 Å². The van der Waals surface area contributed by atoms with E-state index in [1.807, 2.05) is 32.0 Å². The average Bonchev–Trinajstić information content (AvgIpc) is 3.40. The van der Waals surface area contributed by atoms with Gasteiger partial charge in [0.25, 0.3) is 5.56 Å². The Kier molecular flexibility index (Phi) is 8.02. The Morgan fingerprint density at radius 1 is 0.919 bits per heavy atom. The molecular formula is C28H30N4O5. The van der Waals surface area contributed by atoms with Gasteiger partial charge in [-0.25, -0.2) is 4.79 Å². The monoisotopic (exact) mass is 502 g/mol. The maximum Gasteiger partial charge on any atom is 0.331 e. The summed E-state index contributed by atoms with van der Waals surface area (Å²) in [4.78, 5) is 51.4. The van der Waals surface area contributed by atoms with Crippen LogP contribution in [0.3, 0.4) is 0 Å². The van der Waals surface area contributed by atoms with Gasteiger partial charge in [-0.15, -0.1) is 0 Å². The number of aromatic nitrogens is 2. The molecule has 0 fully saturated rings. The van der Waals surface area contributed by atoms with E-state index in [4.69, 9.17) is 4.42 Å². The topological polar surface area (TPSA) is 115 Å². The van der Waals surface area contributed by atoms with Crippen molar-refractivity contribution < 1.29 is 14.0 Å². The third kappa shape index (κ3) is 6.24. The molecule has 2 heterocycles. The van der Waals surface area contributed by atoms with Crippen molar-refractivity contribution in [1.82, 2.24) is 14.5 Å². The number of fused-ring (bicyclic) bond motifs is 1. The molecule has 4 rings (SSSR count). The predicted octanol–water partition coefficient (Wildman–Crippen LogP) is 3.50. The van der Waals surface area contributed by atoms with Gasteiger partial charge in [0.1, 0.15) is 12.3 Å². The highest BCUT2D eigenvalue weighted by Gasteiger charge is 2.16. The van der Waals surface area contributed by atoms with Crippen LogP contribution in [0, 0.1) is 13.8 Å². The highest BCUT2D eigenvalue weighted by Crippen LogP contribution is 2.16. The summed E-state index contributed by atoms with van der Waals surface area (Å²) in [5, 5.41) is 6.00. The first-order valence-electron chi connectivity index (χ1n) is 12.2. The zero-order chi connectivity index (χ0) is 26.4. The van der Waals surface area contributed by atoms with Crippen LogP contribution in [0.25, 0.3) is 10.9 Å². The number of nitrogens with zero attached hydrogens (tertiary/aromatic N) is 2. The number of unbranched alkanes of at least 4 members (excludes halogenated alkanes) is 1. The minimum Gasteiger partial charge on any atom is -0.467 e. The molecule has 192 valence electrons. The molecule has 0 aliphatic heterocycles. The fourth-order valence-corrected chi connectivity index (χ4v) is 4.25. The third-order valence-corrected chi connectivity index (χ3v) is 6.17. The van der Waals surface area contributed by atoms with Gasteiger partial charge in [-0.1, -0.05) is 29.8 Å². The standard InChI is InChI=1S/C28H30N4O5/c1-19-12-13-23(20(2)16-19)30-26(34)18-32-24-10-4-3-9-22(24)27(35)31(28(32)36)14-6-5-11-25(33)29-17-21-8-7-15-37-21/h3-4,7-10,12-13,15-16H,5-6,11,14,17-18H2,1-2H3,(H,29,33)(H,30,34). The van der Waals surface area contributed by atoms with Gasteiger partial charge in [-0.2, -0.15) is 0 Å². The molecule has 2 amide bonds. The van der Waals surface area contributed by atoms with E-state index in [9.17, 15) is 19.2 Å². The number of furan rings is 1. The highest BCUT2D eigenvalue weighted by atomic mass is 16.3. The number of benzene rings is 2. The van der Waals surface area contributed by atoms with E-state index >= 15 is 0 Å². The van der Waals surface area contributed by atoms with Crippen molar-refractivity contribution in [2.24, 2.45) is 0 Å². The second kappa shape index (κ2) is 11.6. The minimum absolute atomic E-state index is 0.136. The van der Waals surface area contributed by atoms with Gasteiger partial charge in [-0.3, -0.25) is 23.5 Å². The molecule has 4 aromatic rings. The Morgan fingerprint density at radius 3 is 2.49 bits per heavy atom. The molecule has 37 heavy (non-hydrogen) atoms. The lowest BCUT2D eigenvalue weighted by Gasteiger charge is -2.15. The van der Waals surface area contributed by atoms with E-state index in [0.717, 1.165) is 15.7 Å². The molecule has 2 aromatic heterocycles. The minimum atomic E-state index is -0.554. The van der Waals surface area contributed by atoms with E-state index in [1.165, 1.54) is 4.57 Å². The summed E-state index contributed by atoms with van der Waals surface area (Å²) in [6.07, 6.45) is 2.75. The van der Waals surface area contributed by atoms with Crippen molar-refractivity contribution >= 4 is 28.4 Å². The van der Waals surface area contributed by atoms with Crippen LogP contribution >= 0.6 is 0 Å². The second-order valence-corrected chi connectivity index (χ2v) is 9.02. The SMILES string of the molecule is Cc1ccc(NC(=O)Cn2c(=O)n(CCCCC(=O)NCc3ccco3)c(=O)c3ccccc32)c(C)c1. The van der Waals surface area contributed by atoms with Crippen LogP contribution in [0.2, 0.25) is 0 Å². The summed E-state index contributed by atoms with van der Waals surface area (Å²) in [5.41, 5.74) is 2.12. The molecule has 2 aromatic carbocycles. The van der Waals surface area contributed by atoms with Gasteiger partial charge in [0, 0.05) is 18.7 Å². The Morgan fingerprint density at radius 2 is 1.73 bits per heavy atom. The number of amides is 2. The molecular weight excluding hydrogens is 472 g/mol. The Bertz CT molecular complexity index is 1530. The lowest BCUT2D eigenvalue weighted by Crippen LogP contribution is -2.41. The molecule has 0 saturated carbocycles. The number of para-hydroxylation sites is 1. The summed E-state index contributed by atoms with van der Waals surface area (Å²) in [5.74, 6) is 0.165. The number of carbonyl (C=O) groups is 2. The van der Waals surface area contributed by atoms with Crippen LogP contribution in [0.4, 0.5) is 5.69 Å². The molecule has 9 nitrogen and oxygen atoms in total. The van der Waals surface area contributed by atoms with Gasteiger partial charge < -0.3 is 15.1 Å². The molecule has 9 heteroatoms. The molecule has 0 atom stereocenters. The number of nitrogens with one attached hydrogen (secondary N) is 2. The largest absolute Gasteiger partial charge is 0.467 e. The van der Waals surface area contributed by atoms with E-state index in [2.05, 4.69) is 10.6 Å². The van der Waals surface area contributed by atoms with Gasteiger partial charge >= 0.3 is 5.69 Å².